The lowest BCUT2D eigenvalue weighted by atomic mass is 10.1. The highest BCUT2D eigenvalue weighted by atomic mass is 16.5. The zero-order valence-electron chi connectivity index (χ0n) is 17.5. The van der Waals surface area contributed by atoms with Gasteiger partial charge in [0.25, 0.3) is 17.6 Å². The Kier molecular flexibility index (Phi) is 6.54. The van der Waals surface area contributed by atoms with Gasteiger partial charge in [0.2, 0.25) is 5.88 Å². The molecule has 9 heteroatoms. The van der Waals surface area contributed by atoms with E-state index in [1.807, 2.05) is 0 Å². The Balaban J connectivity index is 1.77. The molecular weight excluding hydrogens is 400 g/mol. The van der Waals surface area contributed by atoms with Crippen molar-refractivity contribution < 1.29 is 23.9 Å². The molecule has 0 atom stereocenters. The Morgan fingerprint density at radius 3 is 2.26 bits per heavy atom. The standard InChI is InChI=1S/C22H24N4O5/c1-5-7-14(6-2)21(28)25-8-10-26(11-9-25)22(29)19(27)15-12-23-18-17(15)16(30-3)13-24-20(18)31-4/h5-7,12-13,23H,1-2,8-11H2,3-4H3/b14-7+. The molecule has 1 N–H and O–H groups in total. The first-order valence-electron chi connectivity index (χ1n) is 9.62. The molecule has 1 saturated heterocycles. The minimum absolute atomic E-state index is 0.180. The normalized spacial score (nSPS) is 14.3. The largest absolute Gasteiger partial charge is 0.494 e. The summed E-state index contributed by atoms with van der Waals surface area (Å²) in [5.41, 5.74) is 1.08. The summed E-state index contributed by atoms with van der Waals surface area (Å²) in [7, 11) is 2.92. The van der Waals surface area contributed by atoms with Gasteiger partial charge in [-0.2, -0.15) is 0 Å². The van der Waals surface area contributed by atoms with Gasteiger partial charge in [-0.25, -0.2) is 4.98 Å². The van der Waals surface area contributed by atoms with Crippen molar-refractivity contribution in [3.05, 3.63) is 54.9 Å². The van der Waals surface area contributed by atoms with E-state index in [1.54, 1.807) is 11.0 Å². The third kappa shape index (κ3) is 4.07. The van der Waals surface area contributed by atoms with Crippen LogP contribution in [0.2, 0.25) is 0 Å². The summed E-state index contributed by atoms with van der Waals surface area (Å²) in [5.74, 6) is -0.851. The molecule has 31 heavy (non-hydrogen) atoms. The number of hydrogen-bond acceptors (Lipinski definition) is 6. The van der Waals surface area contributed by atoms with Gasteiger partial charge < -0.3 is 24.3 Å². The van der Waals surface area contributed by atoms with E-state index in [0.717, 1.165) is 0 Å². The van der Waals surface area contributed by atoms with Gasteiger partial charge in [0.05, 0.1) is 31.4 Å². The fourth-order valence-electron chi connectivity index (χ4n) is 3.49. The third-order valence-electron chi connectivity index (χ3n) is 5.11. The quantitative estimate of drug-likeness (QED) is 0.314. The molecule has 0 spiro atoms. The van der Waals surface area contributed by atoms with Gasteiger partial charge in [-0.15, -0.1) is 0 Å². The van der Waals surface area contributed by atoms with Crippen LogP contribution in [0.5, 0.6) is 11.6 Å². The zero-order valence-corrected chi connectivity index (χ0v) is 17.5. The molecule has 0 aliphatic carbocycles. The highest BCUT2D eigenvalue weighted by molar-refractivity contribution is 6.45. The predicted octanol–water partition coefficient (Wildman–Crippen LogP) is 1.73. The number of ketones is 1. The van der Waals surface area contributed by atoms with Gasteiger partial charge in [-0.3, -0.25) is 14.4 Å². The summed E-state index contributed by atoms with van der Waals surface area (Å²) in [5, 5.41) is 0.437. The molecule has 3 heterocycles. The van der Waals surface area contributed by atoms with E-state index in [9.17, 15) is 14.4 Å². The number of nitrogens with one attached hydrogen (secondary N) is 1. The number of amides is 2. The van der Waals surface area contributed by atoms with Crippen LogP contribution < -0.4 is 9.47 Å². The van der Waals surface area contributed by atoms with Gasteiger partial charge in [-0.1, -0.05) is 31.4 Å². The second-order valence-electron chi connectivity index (χ2n) is 6.76. The molecule has 1 aliphatic heterocycles. The van der Waals surface area contributed by atoms with E-state index in [0.29, 0.717) is 41.2 Å². The second-order valence-corrected chi connectivity index (χ2v) is 6.76. The topological polar surface area (TPSA) is 105 Å². The van der Waals surface area contributed by atoms with E-state index < -0.39 is 11.7 Å². The summed E-state index contributed by atoms with van der Waals surface area (Å²) in [6.45, 7) is 8.36. The first kappa shape index (κ1) is 21.8. The van der Waals surface area contributed by atoms with Crippen LogP contribution in [0.1, 0.15) is 10.4 Å². The van der Waals surface area contributed by atoms with Crippen molar-refractivity contribution in [3.8, 4) is 11.6 Å². The first-order chi connectivity index (χ1) is 15.0. The van der Waals surface area contributed by atoms with Crippen molar-refractivity contribution in [1.82, 2.24) is 19.8 Å². The van der Waals surface area contributed by atoms with Gasteiger partial charge in [0.15, 0.2) is 0 Å². The second kappa shape index (κ2) is 9.29. The highest BCUT2D eigenvalue weighted by Gasteiger charge is 2.31. The number of H-pyrrole nitrogens is 1. The lowest BCUT2D eigenvalue weighted by Crippen LogP contribution is -2.52. The molecule has 1 fully saturated rings. The van der Waals surface area contributed by atoms with Gasteiger partial charge in [0.1, 0.15) is 11.3 Å². The maximum Gasteiger partial charge on any atom is 0.295 e. The zero-order chi connectivity index (χ0) is 22.5. The lowest BCUT2D eigenvalue weighted by molar-refractivity contribution is -0.134. The summed E-state index contributed by atoms with van der Waals surface area (Å²) >= 11 is 0. The van der Waals surface area contributed by atoms with Crippen LogP contribution in [0.3, 0.4) is 0 Å². The molecule has 0 bridgehead atoms. The number of carbonyl (C=O) groups is 3. The minimum atomic E-state index is -0.670. The van der Waals surface area contributed by atoms with Crippen molar-refractivity contribution in [2.45, 2.75) is 0 Å². The fraction of sp³-hybridized carbons (Fsp3) is 0.273. The Hall–Kier alpha value is -3.88. The highest BCUT2D eigenvalue weighted by Crippen LogP contribution is 2.33. The molecule has 0 saturated carbocycles. The lowest BCUT2D eigenvalue weighted by Gasteiger charge is -2.34. The molecule has 9 nitrogen and oxygen atoms in total. The Morgan fingerprint density at radius 2 is 1.71 bits per heavy atom. The number of hydrogen-bond donors (Lipinski definition) is 1. The number of aromatic nitrogens is 2. The summed E-state index contributed by atoms with van der Waals surface area (Å²) < 4.78 is 10.5. The number of fused-ring (bicyclic) bond motifs is 1. The smallest absolute Gasteiger partial charge is 0.295 e. The molecule has 3 rings (SSSR count). The molecule has 0 aromatic carbocycles. The number of Topliss-reactive ketones (excluding diaryl/α,β-unsaturated/α-hetero) is 1. The number of aromatic amines is 1. The van der Waals surface area contributed by atoms with E-state index in [1.165, 1.54) is 43.7 Å². The van der Waals surface area contributed by atoms with E-state index in [-0.39, 0.29) is 24.6 Å². The molecule has 0 unspecified atom stereocenters. The van der Waals surface area contributed by atoms with Crippen LogP contribution in [0.15, 0.2) is 49.4 Å². The van der Waals surface area contributed by atoms with Crippen molar-refractivity contribution in [1.29, 1.82) is 0 Å². The number of pyridine rings is 1. The van der Waals surface area contributed by atoms with Crippen LogP contribution in [0, 0.1) is 0 Å². The number of rotatable bonds is 7. The molecular formula is C22H24N4O5. The van der Waals surface area contributed by atoms with Crippen molar-refractivity contribution >= 4 is 28.5 Å². The average molecular weight is 424 g/mol. The predicted molar refractivity (Wildman–Crippen MR) is 115 cm³/mol. The number of allylic oxidation sites excluding steroid dienone is 2. The van der Waals surface area contributed by atoms with Crippen molar-refractivity contribution in [3.63, 3.8) is 0 Å². The summed E-state index contributed by atoms with van der Waals surface area (Å²) in [6, 6.07) is 0. The Morgan fingerprint density at radius 1 is 1.06 bits per heavy atom. The molecule has 2 amide bonds. The van der Waals surface area contributed by atoms with E-state index >= 15 is 0 Å². The monoisotopic (exact) mass is 424 g/mol. The van der Waals surface area contributed by atoms with Crippen molar-refractivity contribution in [2.24, 2.45) is 0 Å². The number of ether oxygens (including phenoxy) is 2. The molecule has 162 valence electrons. The van der Waals surface area contributed by atoms with E-state index in [4.69, 9.17) is 9.47 Å². The maximum absolute atomic E-state index is 13.0. The van der Waals surface area contributed by atoms with Gasteiger partial charge >= 0.3 is 0 Å². The number of nitrogens with zero attached hydrogens (tertiary/aromatic N) is 3. The molecule has 2 aromatic heterocycles. The van der Waals surface area contributed by atoms with Gasteiger partial charge in [0, 0.05) is 37.9 Å². The third-order valence-corrected chi connectivity index (χ3v) is 5.11. The first-order valence-corrected chi connectivity index (χ1v) is 9.62. The van der Waals surface area contributed by atoms with Crippen LogP contribution in [-0.4, -0.2) is 77.8 Å². The Labute approximate surface area is 179 Å². The maximum atomic E-state index is 13.0. The van der Waals surface area contributed by atoms with E-state index in [2.05, 4.69) is 23.1 Å². The van der Waals surface area contributed by atoms with Crippen molar-refractivity contribution in [2.75, 3.05) is 40.4 Å². The summed E-state index contributed by atoms with van der Waals surface area (Å²) in [6.07, 6.45) is 7.47. The number of piperazine rings is 1. The Bertz CT molecular complexity index is 1080. The van der Waals surface area contributed by atoms with Crippen LogP contribution in [-0.2, 0) is 9.59 Å². The minimum Gasteiger partial charge on any atom is -0.494 e. The molecule has 0 radical (unpaired) electrons. The number of methoxy groups -OCH3 is 2. The molecule has 1 aliphatic rings. The van der Waals surface area contributed by atoms with Gasteiger partial charge in [-0.05, 0) is 0 Å². The average Bonchev–Trinajstić information content (AvgIpc) is 3.26. The van der Waals surface area contributed by atoms with Crippen LogP contribution in [0.25, 0.3) is 10.9 Å². The molecule has 2 aromatic rings. The SMILES string of the molecule is C=C/C=C(\C=C)C(=O)N1CCN(C(=O)C(=O)c2c[nH]c3c(OC)ncc(OC)c23)CC1. The fourth-order valence-corrected chi connectivity index (χ4v) is 3.49. The number of carbonyl (C=O) groups excluding carboxylic acids is 3. The van der Waals surface area contributed by atoms with Crippen LogP contribution in [0.4, 0.5) is 0 Å². The van der Waals surface area contributed by atoms with Crippen LogP contribution >= 0.6 is 0 Å². The summed E-state index contributed by atoms with van der Waals surface area (Å²) in [4.78, 5) is 48.5.